The van der Waals surface area contributed by atoms with Crippen molar-refractivity contribution in [2.24, 2.45) is 0 Å². The zero-order valence-electron chi connectivity index (χ0n) is 8.71. The summed E-state index contributed by atoms with van der Waals surface area (Å²) in [6.07, 6.45) is -0.405. The molecule has 0 aliphatic carbocycles. The van der Waals surface area contributed by atoms with E-state index in [1.807, 2.05) is 13.8 Å². The number of alkyl carbamates (subject to hydrolysis) is 1. The van der Waals surface area contributed by atoms with Crippen LogP contribution in [0.5, 0.6) is 0 Å². The predicted octanol–water partition coefficient (Wildman–Crippen LogP) is 0.109. The number of nitrogens with one attached hydrogen (secondary N) is 2. The molecule has 1 saturated heterocycles. The summed E-state index contributed by atoms with van der Waals surface area (Å²) in [5.74, 6) is 0. The number of rotatable bonds is 3. The van der Waals surface area contributed by atoms with Crippen molar-refractivity contribution in [1.82, 2.24) is 10.6 Å². The molecule has 82 valence electrons. The number of carbonyl (C=O) groups is 1. The van der Waals surface area contributed by atoms with Gasteiger partial charge in [0.25, 0.3) is 0 Å². The van der Waals surface area contributed by atoms with Gasteiger partial charge in [-0.3, -0.25) is 0 Å². The molecule has 0 aromatic heterocycles. The van der Waals surface area contributed by atoms with E-state index < -0.39 is 0 Å². The maximum atomic E-state index is 11.1. The van der Waals surface area contributed by atoms with E-state index in [1.54, 1.807) is 0 Å². The Balaban J connectivity index is 2.09. The second-order valence-electron chi connectivity index (χ2n) is 3.53. The minimum absolute atomic E-state index is 0.0588. The fourth-order valence-electron chi connectivity index (χ4n) is 1.20. The Hall–Kier alpha value is -0.810. The van der Waals surface area contributed by atoms with Gasteiger partial charge in [-0.15, -0.1) is 0 Å². The van der Waals surface area contributed by atoms with Crippen LogP contribution in [-0.4, -0.2) is 44.5 Å². The van der Waals surface area contributed by atoms with E-state index in [9.17, 15) is 4.79 Å². The normalized spacial score (nSPS) is 22.1. The molecule has 1 heterocycles. The van der Waals surface area contributed by atoms with Crippen LogP contribution in [-0.2, 0) is 9.47 Å². The Morgan fingerprint density at radius 1 is 1.71 bits per heavy atom. The van der Waals surface area contributed by atoms with Crippen molar-refractivity contribution in [1.29, 1.82) is 0 Å². The molecular formula is C9H18N2O3. The SMILES string of the molecule is CC(C)OC(=O)NCC1CNCCO1. The van der Waals surface area contributed by atoms with Gasteiger partial charge in [-0.1, -0.05) is 0 Å². The van der Waals surface area contributed by atoms with Gasteiger partial charge in [0, 0.05) is 19.6 Å². The summed E-state index contributed by atoms with van der Waals surface area (Å²) in [5, 5.41) is 5.84. The summed E-state index contributed by atoms with van der Waals surface area (Å²) in [6.45, 7) is 6.50. The van der Waals surface area contributed by atoms with Gasteiger partial charge in [0.15, 0.2) is 0 Å². The lowest BCUT2D eigenvalue weighted by molar-refractivity contribution is 0.0272. The lowest BCUT2D eigenvalue weighted by Gasteiger charge is -2.23. The molecule has 0 bridgehead atoms. The van der Waals surface area contributed by atoms with Gasteiger partial charge in [0.2, 0.25) is 0 Å². The first-order valence-corrected chi connectivity index (χ1v) is 4.95. The Morgan fingerprint density at radius 3 is 3.07 bits per heavy atom. The minimum Gasteiger partial charge on any atom is -0.447 e. The fourth-order valence-corrected chi connectivity index (χ4v) is 1.20. The lowest BCUT2D eigenvalue weighted by Crippen LogP contribution is -2.45. The van der Waals surface area contributed by atoms with E-state index in [1.165, 1.54) is 0 Å². The number of morpholine rings is 1. The van der Waals surface area contributed by atoms with Crippen LogP contribution in [0.1, 0.15) is 13.8 Å². The highest BCUT2D eigenvalue weighted by atomic mass is 16.6. The van der Waals surface area contributed by atoms with Crippen molar-refractivity contribution < 1.29 is 14.3 Å². The average Bonchev–Trinajstić information content (AvgIpc) is 2.15. The monoisotopic (exact) mass is 202 g/mol. The third kappa shape index (κ3) is 4.43. The minimum atomic E-state index is -0.380. The van der Waals surface area contributed by atoms with Crippen molar-refractivity contribution in [3.05, 3.63) is 0 Å². The van der Waals surface area contributed by atoms with Gasteiger partial charge in [-0.25, -0.2) is 4.79 Å². The fraction of sp³-hybridized carbons (Fsp3) is 0.889. The predicted molar refractivity (Wildman–Crippen MR) is 52.2 cm³/mol. The highest BCUT2D eigenvalue weighted by molar-refractivity contribution is 5.67. The van der Waals surface area contributed by atoms with Crippen molar-refractivity contribution in [3.8, 4) is 0 Å². The molecule has 14 heavy (non-hydrogen) atoms. The molecule has 1 amide bonds. The first kappa shape index (κ1) is 11.3. The molecule has 1 unspecified atom stereocenters. The van der Waals surface area contributed by atoms with E-state index in [0.29, 0.717) is 13.2 Å². The van der Waals surface area contributed by atoms with E-state index >= 15 is 0 Å². The standard InChI is InChI=1S/C9H18N2O3/c1-7(2)14-9(12)11-6-8-5-10-3-4-13-8/h7-8,10H,3-6H2,1-2H3,(H,11,12). The van der Waals surface area contributed by atoms with Crippen LogP contribution in [0, 0.1) is 0 Å². The summed E-state index contributed by atoms with van der Waals surface area (Å²) >= 11 is 0. The smallest absolute Gasteiger partial charge is 0.407 e. The van der Waals surface area contributed by atoms with Crippen molar-refractivity contribution in [3.63, 3.8) is 0 Å². The summed E-state index contributed by atoms with van der Waals surface area (Å²) in [7, 11) is 0. The van der Waals surface area contributed by atoms with E-state index in [2.05, 4.69) is 10.6 Å². The van der Waals surface area contributed by atoms with Crippen LogP contribution in [0.2, 0.25) is 0 Å². The van der Waals surface area contributed by atoms with Gasteiger partial charge in [0.05, 0.1) is 18.8 Å². The van der Waals surface area contributed by atoms with Crippen LogP contribution >= 0.6 is 0 Å². The van der Waals surface area contributed by atoms with Gasteiger partial charge < -0.3 is 20.1 Å². The van der Waals surface area contributed by atoms with Crippen LogP contribution < -0.4 is 10.6 Å². The molecule has 2 N–H and O–H groups in total. The topological polar surface area (TPSA) is 59.6 Å². The maximum Gasteiger partial charge on any atom is 0.407 e. The molecule has 5 heteroatoms. The Bertz CT molecular complexity index is 179. The number of hydrogen-bond donors (Lipinski definition) is 2. The molecule has 0 radical (unpaired) electrons. The molecule has 1 rings (SSSR count). The summed E-state index contributed by atoms with van der Waals surface area (Å²) in [4.78, 5) is 11.1. The quantitative estimate of drug-likeness (QED) is 0.682. The summed E-state index contributed by atoms with van der Waals surface area (Å²) in [6, 6.07) is 0. The van der Waals surface area contributed by atoms with Crippen LogP contribution in [0.25, 0.3) is 0 Å². The number of hydrogen-bond acceptors (Lipinski definition) is 4. The molecular weight excluding hydrogens is 184 g/mol. The van der Waals surface area contributed by atoms with Crippen LogP contribution in [0.15, 0.2) is 0 Å². The van der Waals surface area contributed by atoms with E-state index in [4.69, 9.17) is 9.47 Å². The molecule has 1 atom stereocenters. The number of ether oxygens (including phenoxy) is 2. The van der Waals surface area contributed by atoms with Crippen LogP contribution in [0.3, 0.4) is 0 Å². The molecule has 0 spiro atoms. The van der Waals surface area contributed by atoms with Crippen molar-refractivity contribution >= 4 is 6.09 Å². The Kier molecular flexibility index (Phi) is 4.69. The zero-order valence-corrected chi connectivity index (χ0v) is 8.71. The third-order valence-corrected chi connectivity index (χ3v) is 1.82. The largest absolute Gasteiger partial charge is 0.447 e. The summed E-state index contributed by atoms with van der Waals surface area (Å²) in [5.41, 5.74) is 0. The molecule has 5 nitrogen and oxygen atoms in total. The molecule has 1 aliphatic rings. The first-order valence-electron chi connectivity index (χ1n) is 4.95. The van der Waals surface area contributed by atoms with Gasteiger partial charge in [-0.2, -0.15) is 0 Å². The number of carbonyl (C=O) groups excluding carboxylic acids is 1. The Morgan fingerprint density at radius 2 is 2.50 bits per heavy atom. The zero-order chi connectivity index (χ0) is 10.4. The highest BCUT2D eigenvalue weighted by Gasteiger charge is 2.14. The average molecular weight is 202 g/mol. The number of amides is 1. The maximum absolute atomic E-state index is 11.1. The highest BCUT2D eigenvalue weighted by Crippen LogP contribution is 1.95. The molecule has 0 saturated carbocycles. The molecule has 1 fully saturated rings. The second-order valence-corrected chi connectivity index (χ2v) is 3.53. The van der Waals surface area contributed by atoms with Gasteiger partial charge >= 0.3 is 6.09 Å². The second kappa shape index (κ2) is 5.82. The lowest BCUT2D eigenvalue weighted by atomic mass is 10.3. The first-order chi connectivity index (χ1) is 6.68. The Labute approximate surface area is 84.1 Å². The van der Waals surface area contributed by atoms with E-state index in [-0.39, 0.29) is 18.3 Å². The van der Waals surface area contributed by atoms with Crippen LogP contribution in [0.4, 0.5) is 4.79 Å². The van der Waals surface area contributed by atoms with Gasteiger partial charge in [-0.05, 0) is 13.8 Å². The van der Waals surface area contributed by atoms with Gasteiger partial charge in [0.1, 0.15) is 0 Å². The third-order valence-electron chi connectivity index (χ3n) is 1.82. The summed E-state index contributed by atoms with van der Waals surface area (Å²) < 4.78 is 10.3. The molecule has 0 aromatic rings. The van der Waals surface area contributed by atoms with E-state index in [0.717, 1.165) is 13.1 Å². The van der Waals surface area contributed by atoms with Crippen molar-refractivity contribution in [2.45, 2.75) is 26.1 Å². The molecule has 1 aliphatic heterocycles. The molecule has 0 aromatic carbocycles. The van der Waals surface area contributed by atoms with Crippen molar-refractivity contribution in [2.75, 3.05) is 26.2 Å².